The molecule has 0 aliphatic heterocycles. The number of hydrogen-bond acceptors (Lipinski definition) is 3. The summed E-state index contributed by atoms with van der Waals surface area (Å²) in [5.41, 5.74) is 7.93. The van der Waals surface area contributed by atoms with Crippen molar-refractivity contribution >= 4 is 5.91 Å². The fourth-order valence-electron chi connectivity index (χ4n) is 1.65. The van der Waals surface area contributed by atoms with Gasteiger partial charge in [-0.25, -0.2) is 0 Å². The molecule has 0 saturated heterocycles. The van der Waals surface area contributed by atoms with Gasteiger partial charge in [-0.1, -0.05) is 31.2 Å². The Labute approximate surface area is 92.7 Å². The maximum absolute atomic E-state index is 11.2. The van der Waals surface area contributed by atoms with E-state index < -0.39 is 5.91 Å². The molecule has 0 radical (unpaired) electrons. The number of carbonyl (C=O) groups excluding carboxylic acids is 1. The van der Waals surface area contributed by atoms with Crippen LogP contribution in [0.2, 0.25) is 0 Å². The number of nitrogens with two attached hydrogens (primary N) is 1. The molecule has 0 spiro atoms. The van der Waals surface area contributed by atoms with E-state index in [2.05, 4.69) is 15.4 Å². The molecule has 2 aromatic rings. The van der Waals surface area contributed by atoms with E-state index in [-0.39, 0.29) is 5.69 Å². The molecule has 82 valence electrons. The van der Waals surface area contributed by atoms with Crippen LogP contribution in [0.5, 0.6) is 0 Å². The molecule has 0 bridgehead atoms. The van der Waals surface area contributed by atoms with Gasteiger partial charge in [0.2, 0.25) is 0 Å². The second-order valence-corrected chi connectivity index (χ2v) is 3.40. The lowest BCUT2D eigenvalue weighted by Gasteiger charge is -2.04. The van der Waals surface area contributed by atoms with Crippen LogP contribution in [0, 0.1) is 0 Å². The Bertz CT molecular complexity index is 518. The Balaban J connectivity index is 2.58. The molecule has 2 rings (SSSR count). The van der Waals surface area contributed by atoms with Gasteiger partial charge in [-0.15, -0.1) is 0 Å². The van der Waals surface area contributed by atoms with Crippen molar-refractivity contribution < 1.29 is 4.79 Å². The number of benzene rings is 1. The molecule has 0 unspecified atom stereocenters. The van der Waals surface area contributed by atoms with Crippen LogP contribution in [-0.4, -0.2) is 21.3 Å². The van der Waals surface area contributed by atoms with Crippen LogP contribution in [0.3, 0.4) is 0 Å². The summed E-state index contributed by atoms with van der Waals surface area (Å²) in [6.07, 6.45) is 0.862. The van der Waals surface area contributed by atoms with Crippen molar-refractivity contribution in [1.29, 1.82) is 0 Å². The summed E-state index contributed by atoms with van der Waals surface area (Å²) in [4.78, 5) is 11.2. The van der Waals surface area contributed by atoms with Gasteiger partial charge in [0.05, 0.1) is 0 Å². The topological polar surface area (TPSA) is 84.7 Å². The van der Waals surface area contributed by atoms with Gasteiger partial charge in [-0.3, -0.25) is 4.79 Å². The molecule has 1 heterocycles. The summed E-state index contributed by atoms with van der Waals surface area (Å²) in [5.74, 6) is -0.574. The molecule has 5 nitrogen and oxygen atoms in total. The van der Waals surface area contributed by atoms with Crippen LogP contribution in [0.15, 0.2) is 24.3 Å². The molecular weight excluding hydrogens is 204 g/mol. The molecule has 1 aromatic heterocycles. The highest BCUT2D eigenvalue weighted by molar-refractivity contribution is 5.96. The van der Waals surface area contributed by atoms with Crippen molar-refractivity contribution in [2.24, 2.45) is 5.73 Å². The third-order valence-electron chi connectivity index (χ3n) is 2.43. The Morgan fingerprint density at radius 2 is 2.12 bits per heavy atom. The van der Waals surface area contributed by atoms with E-state index >= 15 is 0 Å². The number of aryl methyl sites for hydroxylation is 1. The maximum Gasteiger partial charge on any atom is 0.271 e. The van der Waals surface area contributed by atoms with Gasteiger partial charge in [0.1, 0.15) is 5.69 Å². The second-order valence-electron chi connectivity index (χ2n) is 3.40. The Hall–Kier alpha value is -2.17. The molecule has 0 fully saturated rings. The number of hydrogen-bond donors (Lipinski definition) is 2. The number of nitrogens with zero attached hydrogens (tertiary/aromatic N) is 2. The standard InChI is InChI=1S/C11H12N4O/c1-2-7-5-3-4-6-8(7)9-10(11(12)16)14-15-13-9/h3-6H,2H2,1H3,(H2,12,16)(H,13,14,15). The summed E-state index contributed by atoms with van der Waals surface area (Å²) in [6, 6.07) is 7.75. The van der Waals surface area contributed by atoms with Gasteiger partial charge < -0.3 is 5.73 Å². The number of carbonyl (C=O) groups is 1. The van der Waals surface area contributed by atoms with Gasteiger partial charge in [0.25, 0.3) is 5.91 Å². The van der Waals surface area contributed by atoms with Crippen LogP contribution < -0.4 is 5.73 Å². The molecule has 3 N–H and O–H groups in total. The van der Waals surface area contributed by atoms with Gasteiger partial charge in [0.15, 0.2) is 5.69 Å². The first-order valence-electron chi connectivity index (χ1n) is 5.03. The molecule has 1 aromatic carbocycles. The van der Waals surface area contributed by atoms with Crippen molar-refractivity contribution in [3.05, 3.63) is 35.5 Å². The SMILES string of the molecule is CCc1ccccc1-c1n[nH]nc1C(N)=O. The zero-order valence-electron chi connectivity index (χ0n) is 8.90. The van der Waals surface area contributed by atoms with Crippen molar-refractivity contribution in [1.82, 2.24) is 15.4 Å². The van der Waals surface area contributed by atoms with Gasteiger partial charge in [-0.2, -0.15) is 15.4 Å². The highest BCUT2D eigenvalue weighted by Crippen LogP contribution is 2.23. The van der Waals surface area contributed by atoms with Gasteiger partial charge in [-0.05, 0) is 12.0 Å². The predicted octanol–water partition coefficient (Wildman–Crippen LogP) is 1.13. The van der Waals surface area contributed by atoms with Crippen molar-refractivity contribution in [2.75, 3.05) is 0 Å². The van der Waals surface area contributed by atoms with Crippen LogP contribution >= 0.6 is 0 Å². The van der Waals surface area contributed by atoms with Crippen LogP contribution in [0.4, 0.5) is 0 Å². The molecule has 1 amide bonds. The highest BCUT2D eigenvalue weighted by Gasteiger charge is 2.16. The lowest BCUT2D eigenvalue weighted by Crippen LogP contribution is -2.13. The molecule has 0 saturated carbocycles. The largest absolute Gasteiger partial charge is 0.364 e. The molecular formula is C11H12N4O. The number of amides is 1. The lowest BCUT2D eigenvalue weighted by molar-refractivity contribution is 0.0996. The predicted molar refractivity (Wildman–Crippen MR) is 59.7 cm³/mol. The zero-order chi connectivity index (χ0) is 11.5. The number of nitrogens with one attached hydrogen (secondary N) is 1. The van der Waals surface area contributed by atoms with Crippen molar-refractivity contribution in [2.45, 2.75) is 13.3 Å². The average Bonchev–Trinajstić information content (AvgIpc) is 2.77. The monoisotopic (exact) mass is 216 g/mol. The summed E-state index contributed by atoms with van der Waals surface area (Å²) >= 11 is 0. The minimum Gasteiger partial charge on any atom is -0.364 e. The Kier molecular flexibility index (Phi) is 2.68. The number of rotatable bonds is 3. The fraction of sp³-hybridized carbons (Fsp3) is 0.182. The molecule has 0 atom stereocenters. The van der Waals surface area contributed by atoms with Gasteiger partial charge in [0, 0.05) is 5.56 Å². The summed E-state index contributed by atoms with van der Waals surface area (Å²) in [7, 11) is 0. The first-order chi connectivity index (χ1) is 7.74. The smallest absolute Gasteiger partial charge is 0.271 e. The van der Waals surface area contributed by atoms with E-state index in [1.165, 1.54) is 0 Å². The average molecular weight is 216 g/mol. The van der Waals surface area contributed by atoms with Crippen LogP contribution in [0.25, 0.3) is 11.3 Å². The first-order valence-corrected chi connectivity index (χ1v) is 5.03. The number of aromatic amines is 1. The second kappa shape index (κ2) is 4.14. The maximum atomic E-state index is 11.2. The molecule has 0 aliphatic rings. The minimum absolute atomic E-state index is 0.181. The Morgan fingerprint density at radius 1 is 1.38 bits per heavy atom. The number of H-pyrrole nitrogens is 1. The van der Waals surface area contributed by atoms with Crippen LogP contribution in [0.1, 0.15) is 23.0 Å². The molecule has 0 aliphatic carbocycles. The molecule has 5 heteroatoms. The van der Waals surface area contributed by atoms with E-state index in [1.807, 2.05) is 31.2 Å². The number of primary amides is 1. The Morgan fingerprint density at radius 3 is 2.81 bits per heavy atom. The van der Waals surface area contributed by atoms with E-state index in [1.54, 1.807) is 0 Å². The van der Waals surface area contributed by atoms with E-state index in [4.69, 9.17) is 5.73 Å². The van der Waals surface area contributed by atoms with E-state index in [0.717, 1.165) is 17.5 Å². The number of aromatic nitrogens is 3. The first kappa shape index (κ1) is 10.4. The summed E-state index contributed by atoms with van der Waals surface area (Å²) < 4.78 is 0. The fourth-order valence-corrected chi connectivity index (χ4v) is 1.65. The summed E-state index contributed by atoms with van der Waals surface area (Å²) in [5, 5.41) is 10.2. The van der Waals surface area contributed by atoms with E-state index in [9.17, 15) is 4.79 Å². The van der Waals surface area contributed by atoms with Crippen molar-refractivity contribution in [3.8, 4) is 11.3 Å². The minimum atomic E-state index is -0.574. The molecule has 16 heavy (non-hydrogen) atoms. The highest BCUT2D eigenvalue weighted by atomic mass is 16.1. The van der Waals surface area contributed by atoms with E-state index in [0.29, 0.717) is 5.69 Å². The zero-order valence-corrected chi connectivity index (χ0v) is 8.90. The van der Waals surface area contributed by atoms with Crippen LogP contribution in [-0.2, 0) is 6.42 Å². The lowest BCUT2D eigenvalue weighted by atomic mass is 10.0. The normalized spacial score (nSPS) is 10.3. The third-order valence-corrected chi connectivity index (χ3v) is 2.43. The third kappa shape index (κ3) is 1.67. The van der Waals surface area contributed by atoms with Gasteiger partial charge >= 0.3 is 0 Å². The summed E-state index contributed by atoms with van der Waals surface area (Å²) in [6.45, 7) is 2.04. The van der Waals surface area contributed by atoms with Crippen molar-refractivity contribution in [3.63, 3.8) is 0 Å². The quantitative estimate of drug-likeness (QED) is 0.806.